The number of imidazole rings is 1. The number of likely N-dealkylation sites (N-methyl/N-ethyl adjacent to an activating group) is 1. The zero-order valence-corrected chi connectivity index (χ0v) is 24.7. The van der Waals surface area contributed by atoms with Crippen molar-refractivity contribution < 1.29 is 22.7 Å². The Morgan fingerprint density at radius 2 is 1.46 bits per heavy atom. The Morgan fingerprint density at radius 3 is 2.02 bits per heavy atom. The van der Waals surface area contributed by atoms with Gasteiger partial charge in [-0.05, 0) is 81.7 Å². The topological polar surface area (TPSA) is 106 Å². The summed E-state index contributed by atoms with van der Waals surface area (Å²) in [7, 11) is 2.97. The number of ether oxygens (including phenoxy) is 2. The lowest BCUT2D eigenvalue weighted by Crippen LogP contribution is -2.41. The minimum absolute atomic E-state index is 0.135. The fraction of sp³-hybridized carbons (Fsp3) is 0.267. The molecule has 1 N–H and O–H groups in total. The van der Waals surface area contributed by atoms with Crippen molar-refractivity contribution in [2.45, 2.75) is 11.8 Å². The van der Waals surface area contributed by atoms with Crippen LogP contribution in [0.5, 0.6) is 11.5 Å². The zero-order valence-electron chi connectivity index (χ0n) is 23.9. The number of nitrogens with one attached hydrogen (secondary N) is 1. The molecule has 0 aliphatic carbocycles. The number of carbonyl (C=O) groups excluding carboxylic acids is 1. The van der Waals surface area contributed by atoms with E-state index < -0.39 is 15.9 Å². The molecule has 0 fully saturated rings. The molecule has 0 saturated carbocycles. The number of benzene rings is 3. The van der Waals surface area contributed by atoms with Gasteiger partial charge in [0.05, 0.1) is 31.4 Å². The number of carbonyl (C=O) groups is 1. The summed E-state index contributed by atoms with van der Waals surface area (Å²) < 4.78 is 40.5. The maximum absolute atomic E-state index is 13.5. The van der Waals surface area contributed by atoms with Crippen LogP contribution in [-0.4, -0.2) is 81.0 Å². The molecule has 10 nitrogen and oxygen atoms in total. The Kier molecular flexibility index (Phi) is 9.43. The van der Waals surface area contributed by atoms with Gasteiger partial charge in [-0.3, -0.25) is 14.7 Å². The van der Waals surface area contributed by atoms with E-state index in [0.29, 0.717) is 23.7 Å². The minimum Gasteiger partial charge on any atom is -0.497 e. The van der Waals surface area contributed by atoms with E-state index in [9.17, 15) is 13.2 Å². The molecule has 4 rings (SSSR count). The van der Waals surface area contributed by atoms with Gasteiger partial charge < -0.3 is 14.4 Å². The lowest BCUT2D eigenvalue weighted by Gasteiger charge is -2.23. The molecule has 0 aliphatic rings. The highest BCUT2D eigenvalue weighted by Gasteiger charge is 2.27. The van der Waals surface area contributed by atoms with Crippen LogP contribution in [0.1, 0.15) is 5.56 Å². The molecule has 0 aliphatic heterocycles. The van der Waals surface area contributed by atoms with E-state index in [1.54, 1.807) is 43.1 Å². The van der Waals surface area contributed by atoms with E-state index in [-0.39, 0.29) is 23.9 Å². The molecule has 0 saturated heterocycles. The number of hydrogen-bond donors (Lipinski definition) is 1. The van der Waals surface area contributed by atoms with Gasteiger partial charge in [-0.1, -0.05) is 17.7 Å². The van der Waals surface area contributed by atoms with Crippen LogP contribution in [0.2, 0.25) is 0 Å². The molecule has 41 heavy (non-hydrogen) atoms. The number of methoxy groups -OCH3 is 2. The number of rotatable bonds is 12. The summed E-state index contributed by atoms with van der Waals surface area (Å²) in [5.74, 6) is 1.14. The molecule has 0 unspecified atom stereocenters. The van der Waals surface area contributed by atoms with E-state index in [1.807, 2.05) is 80.6 Å². The molecule has 0 spiro atoms. The van der Waals surface area contributed by atoms with Crippen molar-refractivity contribution in [2.75, 3.05) is 53.3 Å². The van der Waals surface area contributed by atoms with Crippen molar-refractivity contribution in [2.24, 2.45) is 0 Å². The SMILES string of the molecule is COc1ccc(-c2cn(-c3ccc(OC)cc3)c(NC(=O)CN(CCN(C)C)S(=O)(=O)c3ccc(C)cc3)n2)cc1. The van der Waals surface area contributed by atoms with Crippen LogP contribution in [0.15, 0.2) is 83.9 Å². The Morgan fingerprint density at radius 1 is 0.878 bits per heavy atom. The third kappa shape index (κ3) is 7.31. The molecule has 0 radical (unpaired) electrons. The van der Waals surface area contributed by atoms with Crippen LogP contribution in [0.25, 0.3) is 16.9 Å². The first-order valence-corrected chi connectivity index (χ1v) is 14.4. The van der Waals surface area contributed by atoms with Crippen molar-refractivity contribution in [1.29, 1.82) is 0 Å². The van der Waals surface area contributed by atoms with Crippen molar-refractivity contribution in [1.82, 2.24) is 18.8 Å². The van der Waals surface area contributed by atoms with Gasteiger partial charge in [0, 0.05) is 30.5 Å². The number of nitrogens with zero attached hydrogens (tertiary/aromatic N) is 4. The Bertz CT molecular complexity index is 1570. The average molecular weight is 578 g/mol. The second-order valence-corrected chi connectivity index (χ2v) is 11.7. The lowest BCUT2D eigenvalue weighted by molar-refractivity contribution is -0.116. The standard InChI is InChI=1S/C30H35N5O5S/c1-22-6-16-27(17-7-22)41(37,38)34(19-18-33(2)3)21-29(36)32-30-31-28(23-8-12-25(39-4)13-9-23)20-35(30)24-10-14-26(40-5)15-11-24/h6-17,20H,18-19,21H2,1-5H3,(H,31,32,36). The summed E-state index contributed by atoms with van der Waals surface area (Å²) in [6, 6.07) is 21.3. The van der Waals surface area contributed by atoms with Gasteiger partial charge in [-0.25, -0.2) is 13.4 Å². The molecule has 4 aromatic rings. The van der Waals surface area contributed by atoms with E-state index in [1.165, 1.54) is 4.31 Å². The van der Waals surface area contributed by atoms with E-state index in [0.717, 1.165) is 16.8 Å². The first kappa shape index (κ1) is 29.8. The molecular formula is C30H35N5O5S. The third-order valence-electron chi connectivity index (χ3n) is 6.47. The zero-order chi connectivity index (χ0) is 29.6. The van der Waals surface area contributed by atoms with Gasteiger partial charge in [-0.2, -0.15) is 4.31 Å². The van der Waals surface area contributed by atoms with Crippen molar-refractivity contribution >= 4 is 21.9 Å². The largest absolute Gasteiger partial charge is 0.497 e. The summed E-state index contributed by atoms with van der Waals surface area (Å²) in [4.78, 5) is 20.1. The molecule has 11 heteroatoms. The fourth-order valence-corrected chi connectivity index (χ4v) is 5.48. The van der Waals surface area contributed by atoms with Gasteiger partial charge in [0.15, 0.2) is 0 Å². The van der Waals surface area contributed by atoms with Gasteiger partial charge in [0.2, 0.25) is 21.9 Å². The molecule has 1 amide bonds. The summed E-state index contributed by atoms with van der Waals surface area (Å²) in [5.41, 5.74) is 3.13. The predicted molar refractivity (Wildman–Crippen MR) is 159 cm³/mol. The normalized spacial score (nSPS) is 11.6. The van der Waals surface area contributed by atoms with E-state index in [4.69, 9.17) is 9.47 Å². The molecule has 0 bridgehead atoms. The number of sulfonamides is 1. The smallest absolute Gasteiger partial charge is 0.243 e. The van der Waals surface area contributed by atoms with Crippen LogP contribution in [0.3, 0.4) is 0 Å². The lowest BCUT2D eigenvalue weighted by atomic mass is 10.1. The summed E-state index contributed by atoms with van der Waals surface area (Å²) in [6.07, 6.45) is 1.81. The molecule has 1 heterocycles. The molecule has 3 aromatic carbocycles. The molecule has 216 valence electrons. The maximum Gasteiger partial charge on any atom is 0.243 e. The Labute approximate surface area is 241 Å². The first-order valence-electron chi connectivity index (χ1n) is 13.0. The average Bonchev–Trinajstić information content (AvgIpc) is 3.38. The van der Waals surface area contributed by atoms with Crippen molar-refractivity contribution in [3.63, 3.8) is 0 Å². The Balaban J connectivity index is 1.65. The molecule has 0 atom stereocenters. The quantitative estimate of drug-likeness (QED) is 0.271. The van der Waals surface area contributed by atoms with Gasteiger partial charge >= 0.3 is 0 Å². The third-order valence-corrected chi connectivity index (χ3v) is 8.33. The summed E-state index contributed by atoms with van der Waals surface area (Å²) in [6.45, 7) is 2.09. The second-order valence-electron chi connectivity index (χ2n) is 9.75. The van der Waals surface area contributed by atoms with Crippen LogP contribution < -0.4 is 14.8 Å². The first-order chi connectivity index (χ1) is 19.6. The summed E-state index contributed by atoms with van der Waals surface area (Å²) >= 11 is 0. The number of hydrogen-bond acceptors (Lipinski definition) is 7. The maximum atomic E-state index is 13.5. The molecular weight excluding hydrogens is 542 g/mol. The van der Waals surface area contributed by atoms with Crippen molar-refractivity contribution in [3.8, 4) is 28.4 Å². The number of aromatic nitrogens is 2. The highest BCUT2D eigenvalue weighted by atomic mass is 32.2. The van der Waals surface area contributed by atoms with E-state index >= 15 is 0 Å². The Hall–Kier alpha value is -4.19. The van der Waals surface area contributed by atoms with Gasteiger partial charge in [0.25, 0.3) is 0 Å². The number of amides is 1. The van der Waals surface area contributed by atoms with Gasteiger partial charge in [0.1, 0.15) is 11.5 Å². The fourth-order valence-electron chi connectivity index (χ4n) is 4.09. The molecule has 1 aromatic heterocycles. The van der Waals surface area contributed by atoms with Crippen LogP contribution in [-0.2, 0) is 14.8 Å². The van der Waals surface area contributed by atoms with Crippen LogP contribution in [0.4, 0.5) is 5.95 Å². The minimum atomic E-state index is -3.92. The highest BCUT2D eigenvalue weighted by molar-refractivity contribution is 7.89. The van der Waals surface area contributed by atoms with Gasteiger partial charge in [-0.15, -0.1) is 0 Å². The van der Waals surface area contributed by atoms with Crippen molar-refractivity contribution in [3.05, 3.63) is 84.6 Å². The van der Waals surface area contributed by atoms with Crippen LogP contribution in [0, 0.1) is 6.92 Å². The predicted octanol–water partition coefficient (Wildman–Crippen LogP) is 4.06. The summed E-state index contributed by atoms with van der Waals surface area (Å²) in [5, 5.41) is 2.84. The van der Waals surface area contributed by atoms with Crippen LogP contribution >= 0.6 is 0 Å². The highest BCUT2D eigenvalue weighted by Crippen LogP contribution is 2.27. The number of anilines is 1. The number of aryl methyl sites for hydroxylation is 1. The monoisotopic (exact) mass is 577 g/mol. The van der Waals surface area contributed by atoms with E-state index in [2.05, 4.69) is 10.3 Å². The second kappa shape index (κ2) is 13.0.